The van der Waals surface area contributed by atoms with Gasteiger partial charge in [0.15, 0.2) is 0 Å². The van der Waals surface area contributed by atoms with E-state index in [2.05, 4.69) is 17.6 Å². The van der Waals surface area contributed by atoms with Crippen LogP contribution in [0.25, 0.3) is 0 Å². The zero-order valence-electron chi connectivity index (χ0n) is 9.49. The molecule has 0 amide bonds. The van der Waals surface area contributed by atoms with Crippen LogP contribution in [0.3, 0.4) is 0 Å². The van der Waals surface area contributed by atoms with Crippen molar-refractivity contribution in [1.82, 2.24) is 4.57 Å². The van der Waals surface area contributed by atoms with Crippen LogP contribution in [0.15, 0.2) is 6.07 Å². The number of aliphatic hydroxyl groups is 1. The number of hydrogen-bond acceptors (Lipinski definition) is 2. The number of aliphatic hydroxyl groups excluding tert-OH is 1. The molecule has 0 radical (unpaired) electrons. The van der Waals surface area contributed by atoms with Gasteiger partial charge in [-0.1, -0.05) is 0 Å². The number of nitrogens with zero attached hydrogens (tertiary/aromatic N) is 1. The molecule has 1 N–H and O–H groups in total. The van der Waals surface area contributed by atoms with Crippen LogP contribution in [-0.2, 0) is 17.7 Å². The largest absolute Gasteiger partial charge is 0.388 e. The summed E-state index contributed by atoms with van der Waals surface area (Å²) in [6.07, 6.45) is 2.83. The highest BCUT2D eigenvalue weighted by atomic mass is 16.5. The molecule has 0 saturated carbocycles. The Balaban J connectivity index is 2.29. The van der Waals surface area contributed by atoms with Gasteiger partial charge in [0.2, 0.25) is 0 Å². The first-order valence-electron chi connectivity index (χ1n) is 5.60. The normalized spacial score (nSPS) is 20.3. The van der Waals surface area contributed by atoms with Crippen LogP contribution in [0.4, 0.5) is 0 Å². The number of methoxy groups -OCH3 is 1. The van der Waals surface area contributed by atoms with Gasteiger partial charge in [-0.3, -0.25) is 0 Å². The van der Waals surface area contributed by atoms with Crippen molar-refractivity contribution in [2.75, 3.05) is 13.7 Å². The summed E-state index contributed by atoms with van der Waals surface area (Å²) in [6, 6.07) is 2.12. The Morgan fingerprint density at radius 2 is 2.40 bits per heavy atom. The maximum absolute atomic E-state index is 9.88. The average molecular weight is 209 g/mol. The maximum atomic E-state index is 9.88. The van der Waals surface area contributed by atoms with Crippen LogP contribution < -0.4 is 0 Å². The summed E-state index contributed by atoms with van der Waals surface area (Å²) >= 11 is 0. The maximum Gasteiger partial charge on any atom is 0.0807 e. The third-order valence-corrected chi connectivity index (χ3v) is 3.22. The van der Waals surface area contributed by atoms with Crippen LogP contribution in [0, 0.1) is 6.92 Å². The summed E-state index contributed by atoms with van der Waals surface area (Å²) in [7, 11) is 1.72. The van der Waals surface area contributed by atoms with E-state index in [1.165, 1.54) is 11.4 Å². The summed E-state index contributed by atoms with van der Waals surface area (Å²) in [4.78, 5) is 0. The first kappa shape index (κ1) is 10.7. The summed E-state index contributed by atoms with van der Waals surface area (Å²) in [5.41, 5.74) is 3.68. The minimum absolute atomic E-state index is 0.253. The van der Waals surface area contributed by atoms with Crippen molar-refractivity contribution >= 4 is 0 Å². The van der Waals surface area contributed by atoms with Gasteiger partial charge < -0.3 is 14.4 Å². The average Bonchev–Trinajstić information content (AvgIpc) is 2.54. The number of aryl methyl sites for hydroxylation is 1. The third kappa shape index (κ3) is 1.94. The summed E-state index contributed by atoms with van der Waals surface area (Å²) < 4.78 is 7.38. The Morgan fingerprint density at radius 1 is 1.60 bits per heavy atom. The molecule has 1 aliphatic rings. The second-order valence-electron chi connectivity index (χ2n) is 4.24. The summed E-state index contributed by atoms with van der Waals surface area (Å²) in [6.45, 7) is 3.73. The molecule has 1 heterocycles. The van der Waals surface area contributed by atoms with Crippen molar-refractivity contribution in [1.29, 1.82) is 0 Å². The van der Waals surface area contributed by atoms with E-state index in [0.717, 1.165) is 38.0 Å². The molecule has 1 aliphatic carbocycles. The predicted octanol–water partition coefficient (Wildman–Crippen LogP) is 1.81. The molecule has 0 fully saturated rings. The quantitative estimate of drug-likeness (QED) is 0.824. The van der Waals surface area contributed by atoms with Crippen molar-refractivity contribution in [3.8, 4) is 0 Å². The Kier molecular flexibility index (Phi) is 3.12. The second kappa shape index (κ2) is 4.37. The van der Waals surface area contributed by atoms with E-state index < -0.39 is 0 Å². The van der Waals surface area contributed by atoms with Crippen molar-refractivity contribution in [2.45, 2.75) is 38.8 Å². The number of hydrogen-bond donors (Lipinski definition) is 1. The monoisotopic (exact) mass is 209 g/mol. The van der Waals surface area contributed by atoms with Crippen molar-refractivity contribution < 1.29 is 9.84 Å². The van der Waals surface area contributed by atoms with Crippen molar-refractivity contribution in [3.05, 3.63) is 23.0 Å². The second-order valence-corrected chi connectivity index (χ2v) is 4.24. The fraction of sp³-hybridized carbons (Fsp3) is 0.667. The first-order chi connectivity index (χ1) is 7.24. The molecule has 3 heteroatoms. The molecule has 0 spiro atoms. The van der Waals surface area contributed by atoms with Gasteiger partial charge in [-0.2, -0.15) is 0 Å². The van der Waals surface area contributed by atoms with Crippen LogP contribution in [-0.4, -0.2) is 23.4 Å². The predicted molar refractivity (Wildman–Crippen MR) is 58.9 cm³/mol. The van der Waals surface area contributed by atoms with Crippen LogP contribution in [0.5, 0.6) is 0 Å². The smallest absolute Gasteiger partial charge is 0.0807 e. The molecule has 0 bridgehead atoms. The molecule has 2 rings (SSSR count). The number of aromatic nitrogens is 1. The van der Waals surface area contributed by atoms with Gasteiger partial charge in [-0.05, 0) is 32.3 Å². The first-order valence-corrected chi connectivity index (χ1v) is 5.60. The third-order valence-electron chi connectivity index (χ3n) is 3.22. The van der Waals surface area contributed by atoms with Crippen molar-refractivity contribution in [3.63, 3.8) is 0 Å². The number of rotatable bonds is 3. The minimum Gasteiger partial charge on any atom is -0.388 e. The lowest BCUT2D eigenvalue weighted by atomic mass is 9.95. The van der Waals surface area contributed by atoms with Gasteiger partial charge in [0.1, 0.15) is 0 Å². The number of ether oxygens (including phenoxy) is 1. The molecule has 0 aliphatic heterocycles. The Hall–Kier alpha value is -0.800. The van der Waals surface area contributed by atoms with E-state index in [1.54, 1.807) is 7.11 Å². The summed E-state index contributed by atoms with van der Waals surface area (Å²) in [5.74, 6) is 0. The van der Waals surface area contributed by atoms with Crippen molar-refractivity contribution in [2.24, 2.45) is 0 Å². The van der Waals surface area contributed by atoms with Gasteiger partial charge in [-0.15, -0.1) is 0 Å². The molecule has 0 saturated heterocycles. The number of fused-ring (bicyclic) bond motifs is 1. The minimum atomic E-state index is -0.253. The fourth-order valence-corrected chi connectivity index (χ4v) is 2.44. The van der Waals surface area contributed by atoms with Gasteiger partial charge in [-0.25, -0.2) is 0 Å². The molecule has 1 unspecified atom stereocenters. The van der Waals surface area contributed by atoms with E-state index >= 15 is 0 Å². The molecule has 15 heavy (non-hydrogen) atoms. The lowest BCUT2D eigenvalue weighted by Gasteiger charge is -2.20. The lowest BCUT2D eigenvalue weighted by Crippen LogP contribution is -2.14. The molecule has 1 atom stereocenters. The van der Waals surface area contributed by atoms with E-state index in [1.807, 2.05) is 0 Å². The van der Waals surface area contributed by atoms with Crippen LogP contribution in [0.2, 0.25) is 0 Å². The highest BCUT2D eigenvalue weighted by Crippen LogP contribution is 2.31. The molecular weight excluding hydrogens is 190 g/mol. The summed E-state index contributed by atoms with van der Waals surface area (Å²) in [5, 5.41) is 9.88. The molecule has 1 aromatic rings. The molecular formula is C12H19NO2. The van der Waals surface area contributed by atoms with Gasteiger partial charge in [0.25, 0.3) is 0 Å². The highest BCUT2D eigenvalue weighted by molar-refractivity contribution is 5.31. The zero-order chi connectivity index (χ0) is 10.8. The Bertz CT molecular complexity index is 344. The molecule has 1 aromatic heterocycles. The molecule has 0 aromatic carbocycles. The fourth-order valence-electron chi connectivity index (χ4n) is 2.44. The molecule has 3 nitrogen and oxygen atoms in total. The lowest BCUT2D eigenvalue weighted by molar-refractivity contribution is 0.154. The standard InChI is InChI=1S/C12H19NO2/c1-9-8-10-11(4-3-5-12(10)14)13(9)6-7-15-2/h8,12,14H,3-7H2,1-2H3. The molecule has 84 valence electrons. The Morgan fingerprint density at radius 3 is 3.13 bits per heavy atom. The van der Waals surface area contributed by atoms with E-state index in [-0.39, 0.29) is 6.10 Å². The van der Waals surface area contributed by atoms with Crippen LogP contribution in [0.1, 0.15) is 35.9 Å². The SMILES string of the molecule is COCCn1c(C)cc2c1CCCC2O. The topological polar surface area (TPSA) is 34.4 Å². The Labute approximate surface area is 90.7 Å². The van der Waals surface area contributed by atoms with Gasteiger partial charge in [0, 0.05) is 30.6 Å². The highest BCUT2D eigenvalue weighted by Gasteiger charge is 2.22. The van der Waals surface area contributed by atoms with E-state index in [9.17, 15) is 5.11 Å². The van der Waals surface area contributed by atoms with Gasteiger partial charge in [0.05, 0.1) is 12.7 Å². The van der Waals surface area contributed by atoms with E-state index in [4.69, 9.17) is 4.74 Å². The van der Waals surface area contributed by atoms with Crippen LogP contribution >= 0.6 is 0 Å². The van der Waals surface area contributed by atoms with E-state index in [0.29, 0.717) is 0 Å². The zero-order valence-corrected chi connectivity index (χ0v) is 9.49. The van der Waals surface area contributed by atoms with Gasteiger partial charge >= 0.3 is 0 Å².